The Kier molecular flexibility index (Phi) is 3.69. The Hall–Kier alpha value is -1.20. The average Bonchev–Trinajstić information content (AvgIpc) is 2.76. The summed E-state index contributed by atoms with van der Waals surface area (Å²) in [6.45, 7) is 1.49. The summed E-state index contributed by atoms with van der Waals surface area (Å²) in [5.41, 5.74) is 7.41. The molecule has 1 heterocycles. The summed E-state index contributed by atoms with van der Waals surface area (Å²) < 4.78 is 2.89. The molecular formula is C11H13BrN4. The summed E-state index contributed by atoms with van der Waals surface area (Å²) in [7, 11) is 0. The van der Waals surface area contributed by atoms with Crippen LogP contribution in [0.1, 0.15) is 6.42 Å². The van der Waals surface area contributed by atoms with Gasteiger partial charge in [-0.15, -0.1) is 5.10 Å². The third kappa shape index (κ3) is 2.68. The highest BCUT2D eigenvalue weighted by atomic mass is 79.9. The normalized spacial score (nSPS) is 10.6. The Morgan fingerprint density at radius 2 is 2.00 bits per heavy atom. The van der Waals surface area contributed by atoms with Gasteiger partial charge in [0.05, 0.1) is 6.20 Å². The van der Waals surface area contributed by atoms with E-state index in [0.29, 0.717) is 6.54 Å². The zero-order valence-electron chi connectivity index (χ0n) is 8.81. The lowest BCUT2D eigenvalue weighted by Crippen LogP contribution is -2.06. The number of rotatable bonds is 4. The molecule has 0 aliphatic heterocycles. The van der Waals surface area contributed by atoms with Gasteiger partial charge in [-0.25, -0.2) is 0 Å². The summed E-state index contributed by atoms with van der Waals surface area (Å²) in [5.74, 6) is 0. The van der Waals surface area contributed by atoms with Crippen LogP contribution in [0, 0.1) is 0 Å². The van der Waals surface area contributed by atoms with Gasteiger partial charge >= 0.3 is 0 Å². The lowest BCUT2D eigenvalue weighted by atomic mass is 10.2. The van der Waals surface area contributed by atoms with Crippen LogP contribution in [0.4, 0.5) is 0 Å². The lowest BCUT2D eigenvalue weighted by molar-refractivity contribution is 0.564. The van der Waals surface area contributed by atoms with Crippen LogP contribution in [0.15, 0.2) is 34.9 Å². The van der Waals surface area contributed by atoms with E-state index in [0.717, 1.165) is 28.7 Å². The summed E-state index contributed by atoms with van der Waals surface area (Å²) in [6.07, 6.45) is 2.86. The molecule has 0 saturated heterocycles. The smallest absolute Gasteiger partial charge is 0.113 e. The van der Waals surface area contributed by atoms with Gasteiger partial charge in [0.1, 0.15) is 5.69 Å². The Bertz CT molecular complexity index is 449. The van der Waals surface area contributed by atoms with Crippen molar-refractivity contribution in [1.82, 2.24) is 15.0 Å². The molecule has 2 rings (SSSR count). The van der Waals surface area contributed by atoms with Crippen molar-refractivity contribution < 1.29 is 0 Å². The van der Waals surface area contributed by atoms with Crippen molar-refractivity contribution in [2.75, 3.05) is 6.54 Å². The molecule has 2 N–H and O–H groups in total. The summed E-state index contributed by atoms with van der Waals surface area (Å²) in [4.78, 5) is 0. The molecule has 0 radical (unpaired) electrons. The third-order valence-corrected chi connectivity index (χ3v) is 2.80. The zero-order valence-corrected chi connectivity index (χ0v) is 10.4. The van der Waals surface area contributed by atoms with E-state index < -0.39 is 0 Å². The number of halogens is 1. The van der Waals surface area contributed by atoms with Crippen LogP contribution in [-0.2, 0) is 6.54 Å². The van der Waals surface area contributed by atoms with Gasteiger partial charge in [0.2, 0.25) is 0 Å². The number of nitrogens with two attached hydrogens (primary N) is 1. The molecule has 0 spiro atoms. The first kappa shape index (κ1) is 11.3. The molecule has 0 fully saturated rings. The van der Waals surface area contributed by atoms with Gasteiger partial charge in [0.15, 0.2) is 0 Å². The van der Waals surface area contributed by atoms with Crippen molar-refractivity contribution in [3.05, 3.63) is 34.9 Å². The molecule has 0 amide bonds. The third-order valence-electron chi connectivity index (χ3n) is 2.27. The van der Waals surface area contributed by atoms with Crippen molar-refractivity contribution in [2.24, 2.45) is 5.73 Å². The Morgan fingerprint density at radius 3 is 2.69 bits per heavy atom. The number of hydrogen-bond donors (Lipinski definition) is 1. The minimum absolute atomic E-state index is 0.674. The minimum atomic E-state index is 0.674. The molecule has 0 bridgehead atoms. The molecule has 0 aliphatic carbocycles. The fourth-order valence-corrected chi connectivity index (χ4v) is 1.68. The summed E-state index contributed by atoms with van der Waals surface area (Å²) in [5, 5.41) is 8.18. The largest absolute Gasteiger partial charge is 0.330 e. The average molecular weight is 281 g/mol. The standard InChI is InChI=1S/C11H13BrN4/c12-10-4-2-9(3-5-10)11-8-16(15-14-11)7-1-6-13/h2-5,8H,1,6-7,13H2. The predicted molar refractivity (Wildman–Crippen MR) is 66.8 cm³/mol. The monoisotopic (exact) mass is 280 g/mol. The van der Waals surface area contributed by atoms with Gasteiger partial charge in [-0.2, -0.15) is 0 Å². The highest BCUT2D eigenvalue weighted by Crippen LogP contribution is 2.19. The second-order valence-electron chi connectivity index (χ2n) is 3.52. The fraction of sp³-hybridized carbons (Fsp3) is 0.273. The van der Waals surface area contributed by atoms with Gasteiger partial charge in [-0.1, -0.05) is 33.3 Å². The van der Waals surface area contributed by atoms with Crippen molar-refractivity contribution in [1.29, 1.82) is 0 Å². The molecular weight excluding hydrogens is 268 g/mol. The van der Waals surface area contributed by atoms with E-state index >= 15 is 0 Å². The maximum Gasteiger partial charge on any atom is 0.113 e. The molecule has 1 aromatic heterocycles. The second kappa shape index (κ2) is 5.23. The molecule has 16 heavy (non-hydrogen) atoms. The lowest BCUT2D eigenvalue weighted by Gasteiger charge is -1.96. The maximum atomic E-state index is 5.44. The Labute approximate surface area is 103 Å². The molecule has 0 atom stereocenters. The minimum Gasteiger partial charge on any atom is -0.330 e. The highest BCUT2D eigenvalue weighted by Gasteiger charge is 2.02. The van der Waals surface area contributed by atoms with E-state index in [4.69, 9.17) is 5.73 Å². The number of aryl methyl sites for hydroxylation is 1. The molecule has 4 nitrogen and oxygen atoms in total. The summed E-state index contributed by atoms with van der Waals surface area (Å²) in [6, 6.07) is 8.02. The number of benzene rings is 1. The van der Waals surface area contributed by atoms with Gasteiger partial charge in [0, 0.05) is 16.6 Å². The zero-order chi connectivity index (χ0) is 11.4. The van der Waals surface area contributed by atoms with Crippen LogP contribution in [-0.4, -0.2) is 21.5 Å². The molecule has 5 heteroatoms. The van der Waals surface area contributed by atoms with Crippen LogP contribution in [0.3, 0.4) is 0 Å². The quantitative estimate of drug-likeness (QED) is 0.933. The van der Waals surface area contributed by atoms with Crippen molar-refractivity contribution >= 4 is 15.9 Å². The van der Waals surface area contributed by atoms with Crippen molar-refractivity contribution in [3.63, 3.8) is 0 Å². The first-order chi connectivity index (χ1) is 7.79. The Balaban J connectivity index is 2.15. The summed E-state index contributed by atoms with van der Waals surface area (Å²) >= 11 is 3.40. The highest BCUT2D eigenvalue weighted by molar-refractivity contribution is 9.10. The fourth-order valence-electron chi connectivity index (χ4n) is 1.41. The Morgan fingerprint density at radius 1 is 1.25 bits per heavy atom. The molecule has 0 aliphatic rings. The van der Waals surface area contributed by atoms with Crippen molar-refractivity contribution in [2.45, 2.75) is 13.0 Å². The molecule has 2 aromatic rings. The van der Waals surface area contributed by atoms with E-state index in [9.17, 15) is 0 Å². The first-order valence-corrected chi connectivity index (χ1v) is 5.95. The molecule has 0 saturated carbocycles. The van der Waals surface area contributed by atoms with E-state index in [2.05, 4.69) is 26.2 Å². The number of nitrogens with zero attached hydrogens (tertiary/aromatic N) is 3. The molecule has 84 valence electrons. The number of aromatic nitrogens is 3. The van der Waals surface area contributed by atoms with Gasteiger partial charge in [-0.05, 0) is 25.1 Å². The van der Waals surface area contributed by atoms with E-state index in [-0.39, 0.29) is 0 Å². The van der Waals surface area contributed by atoms with Gasteiger partial charge in [-0.3, -0.25) is 4.68 Å². The van der Waals surface area contributed by atoms with Crippen LogP contribution >= 0.6 is 15.9 Å². The van der Waals surface area contributed by atoms with E-state index in [1.54, 1.807) is 0 Å². The van der Waals surface area contributed by atoms with Gasteiger partial charge < -0.3 is 5.73 Å². The van der Waals surface area contributed by atoms with E-state index in [1.165, 1.54) is 0 Å². The van der Waals surface area contributed by atoms with Gasteiger partial charge in [0.25, 0.3) is 0 Å². The predicted octanol–water partition coefficient (Wildman–Crippen LogP) is 2.06. The van der Waals surface area contributed by atoms with Crippen LogP contribution < -0.4 is 5.73 Å². The SMILES string of the molecule is NCCCn1cc(-c2ccc(Br)cc2)nn1. The number of hydrogen-bond acceptors (Lipinski definition) is 3. The topological polar surface area (TPSA) is 56.7 Å². The van der Waals surface area contributed by atoms with Crippen LogP contribution in [0.5, 0.6) is 0 Å². The molecule has 0 unspecified atom stereocenters. The van der Waals surface area contributed by atoms with E-state index in [1.807, 2.05) is 35.1 Å². The van der Waals surface area contributed by atoms with Crippen LogP contribution in [0.25, 0.3) is 11.3 Å². The first-order valence-electron chi connectivity index (χ1n) is 5.16. The van der Waals surface area contributed by atoms with Crippen LogP contribution in [0.2, 0.25) is 0 Å². The second-order valence-corrected chi connectivity index (χ2v) is 4.43. The van der Waals surface area contributed by atoms with Crippen molar-refractivity contribution in [3.8, 4) is 11.3 Å². The maximum absolute atomic E-state index is 5.44. The molecule has 1 aromatic carbocycles.